The molecule has 4 nitrogen and oxygen atoms in total. The topological polar surface area (TPSA) is 52.6 Å². The molecule has 1 amide bonds. The van der Waals surface area contributed by atoms with Crippen molar-refractivity contribution in [3.05, 3.63) is 29.8 Å². The van der Waals surface area contributed by atoms with E-state index < -0.39 is 24.9 Å². The highest BCUT2D eigenvalue weighted by Crippen LogP contribution is 2.22. The molecule has 2 rings (SSSR count). The Morgan fingerprint density at radius 2 is 2.00 bits per heavy atom. The molecule has 0 radical (unpaired) electrons. The van der Waals surface area contributed by atoms with Crippen molar-refractivity contribution in [2.75, 3.05) is 18.4 Å². The molecular weight excluding hydrogens is 309 g/mol. The van der Waals surface area contributed by atoms with Gasteiger partial charge in [-0.25, -0.2) is 0 Å². The number of carbonyl (C=O) groups is 1. The van der Waals surface area contributed by atoms with E-state index >= 15 is 0 Å². The standard InChI is InChI=1S/C16H21F3N2O2/c17-16(18,19)7-4-15(23)20-13-3-1-2-12(10-13)11-21-8-5-14(22)6-9-21/h1-3,10,14,22H,4-9,11H2,(H,20,23). The van der Waals surface area contributed by atoms with E-state index in [0.717, 1.165) is 31.5 Å². The van der Waals surface area contributed by atoms with Crippen LogP contribution in [0.25, 0.3) is 0 Å². The van der Waals surface area contributed by atoms with Crippen molar-refractivity contribution in [3.63, 3.8) is 0 Å². The molecule has 1 aromatic carbocycles. The van der Waals surface area contributed by atoms with Crippen LogP contribution >= 0.6 is 0 Å². The quantitative estimate of drug-likeness (QED) is 0.873. The molecule has 0 atom stereocenters. The Morgan fingerprint density at radius 3 is 2.65 bits per heavy atom. The summed E-state index contributed by atoms with van der Waals surface area (Å²) < 4.78 is 36.3. The lowest BCUT2D eigenvalue weighted by molar-refractivity contribution is -0.142. The molecule has 1 aliphatic heterocycles. The number of amides is 1. The number of rotatable bonds is 5. The fraction of sp³-hybridized carbons (Fsp3) is 0.562. The minimum atomic E-state index is -4.32. The summed E-state index contributed by atoms with van der Waals surface area (Å²) in [6, 6.07) is 7.12. The number of aliphatic hydroxyl groups excluding tert-OH is 1. The first-order valence-electron chi connectivity index (χ1n) is 7.68. The number of nitrogens with zero attached hydrogens (tertiary/aromatic N) is 1. The van der Waals surface area contributed by atoms with Crippen LogP contribution in [0.5, 0.6) is 0 Å². The van der Waals surface area contributed by atoms with Crippen LogP contribution < -0.4 is 5.32 Å². The van der Waals surface area contributed by atoms with Gasteiger partial charge in [0.05, 0.1) is 12.5 Å². The Balaban J connectivity index is 1.85. The zero-order valence-corrected chi connectivity index (χ0v) is 12.8. The number of alkyl halides is 3. The van der Waals surface area contributed by atoms with Crippen molar-refractivity contribution in [1.82, 2.24) is 4.90 Å². The van der Waals surface area contributed by atoms with Crippen LogP contribution in [0.1, 0.15) is 31.2 Å². The number of piperidine rings is 1. The third-order valence-corrected chi connectivity index (χ3v) is 3.81. The van der Waals surface area contributed by atoms with Crippen LogP contribution in [0.2, 0.25) is 0 Å². The second kappa shape index (κ2) is 7.79. The molecule has 1 aliphatic rings. The smallest absolute Gasteiger partial charge is 0.389 e. The number of hydrogen-bond acceptors (Lipinski definition) is 3. The van der Waals surface area contributed by atoms with Gasteiger partial charge in [-0.15, -0.1) is 0 Å². The van der Waals surface area contributed by atoms with Gasteiger partial charge in [0.25, 0.3) is 0 Å². The number of halogens is 3. The van der Waals surface area contributed by atoms with Gasteiger partial charge >= 0.3 is 6.18 Å². The zero-order chi connectivity index (χ0) is 16.9. The van der Waals surface area contributed by atoms with Gasteiger partial charge in [-0.3, -0.25) is 9.69 Å². The van der Waals surface area contributed by atoms with E-state index in [4.69, 9.17) is 0 Å². The lowest BCUT2D eigenvalue weighted by Crippen LogP contribution is -2.35. The number of anilines is 1. The first-order chi connectivity index (χ1) is 10.8. The maximum atomic E-state index is 12.1. The summed E-state index contributed by atoms with van der Waals surface area (Å²) in [5.41, 5.74) is 1.49. The lowest BCUT2D eigenvalue weighted by atomic mass is 10.1. The average molecular weight is 330 g/mol. The number of aliphatic hydroxyl groups is 1. The summed E-state index contributed by atoms with van der Waals surface area (Å²) in [5, 5.41) is 12.0. The van der Waals surface area contributed by atoms with Gasteiger partial charge in [0.15, 0.2) is 0 Å². The first kappa shape index (κ1) is 17.7. The Hall–Kier alpha value is -1.60. The van der Waals surface area contributed by atoms with E-state index in [9.17, 15) is 23.1 Å². The monoisotopic (exact) mass is 330 g/mol. The van der Waals surface area contributed by atoms with Crippen LogP contribution in [0, 0.1) is 0 Å². The SMILES string of the molecule is O=C(CCC(F)(F)F)Nc1cccc(CN2CCC(O)CC2)c1. The number of benzene rings is 1. The Morgan fingerprint density at radius 1 is 1.30 bits per heavy atom. The predicted octanol–water partition coefficient (Wildman–Crippen LogP) is 2.92. The third kappa shape index (κ3) is 6.58. The van der Waals surface area contributed by atoms with Crippen LogP contribution in [0.15, 0.2) is 24.3 Å². The van der Waals surface area contributed by atoms with Crippen molar-refractivity contribution in [2.45, 2.75) is 44.5 Å². The van der Waals surface area contributed by atoms with Gasteiger partial charge in [-0.05, 0) is 30.5 Å². The number of hydrogen-bond donors (Lipinski definition) is 2. The third-order valence-electron chi connectivity index (χ3n) is 3.81. The highest BCUT2D eigenvalue weighted by molar-refractivity contribution is 5.90. The van der Waals surface area contributed by atoms with Crippen molar-refractivity contribution in [3.8, 4) is 0 Å². The van der Waals surface area contributed by atoms with Crippen LogP contribution in [0.3, 0.4) is 0 Å². The fourth-order valence-corrected chi connectivity index (χ4v) is 2.56. The van der Waals surface area contributed by atoms with E-state index in [1.807, 2.05) is 6.07 Å². The van der Waals surface area contributed by atoms with Gasteiger partial charge < -0.3 is 10.4 Å². The minimum absolute atomic E-state index is 0.231. The normalized spacial score (nSPS) is 17.2. The van der Waals surface area contributed by atoms with Crippen LogP contribution in [-0.2, 0) is 11.3 Å². The molecule has 1 saturated heterocycles. The summed E-state index contributed by atoms with van der Waals surface area (Å²) >= 11 is 0. The molecule has 1 heterocycles. The van der Waals surface area contributed by atoms with Gasteiger partial charge in [0, 0.05) is 31.7 Å². The molecule has 1 fully saturated rings. The maximum Gasteiger partial charge on any atom is 0.389 e. The molecule has 0 unspecified atom stereocenters. The van der Waals surface area contributed by atoms with E-state index in [0.29, 0.717) is 12.2 Å². The van der Waals surface area contributed by atoms with Crippen LogP contribution in [0.4, 0.5) is 18.9 Å². The molecular formula is C16H21F3N2O2. The van der Waals surface area contributed by atoms with E-state index in [1.165, 1.54) is 0 Å². The van der Waals surface area contributed by atoms with E-state index in [2.05, 4.69) is 10.2 Å². The summed E-state index contributed by atoms with van der Waals surface area (Å²) in [7, 11) is 0. The summed E-state index contributed by atoms with van der Waals surface area (Å²) in [6.07, 6.45) is -4.75. The molecule has 0 spiro atoms. The zero-order valence-electron chi connectivity index (χ0n) is 12.8. The van der Waals surface area contributed by atoms with Crippen molar-refractivity contribution >= 4 is 11.6 Å². The molecule has 0 bridgehead atoms. The van der Waals surface area contributed by atoms with Crippen molar-refractivity contribution < 1.29 is 23.1 Å². The summed E-state index contributed by atoms with van der Waals surface area (Å²) in [5.74, 6) is -0.638. The molecule has 2 N–H and O–H groups in total. The van der Waals surface area contributed by atoms with Gasteiger partial charge in [-0.1, -0.05) is 12.1 Å². The van der Waals surface area contributed by atoms with Crippen LogP contribution in [-0.4, -0.2) is 41.3 Å². The fourth-order valence-electron chi connectivity index (χ4n) is 2.56. The molecule has 0 saturated carbocycles. The minimum Gasteiger partial charge on any atom is -0.393 e. The maximum absolute atomic E-state index is 12.1. The molecule has 0 aromatic heterocycles. The predicted molar refractivity (Wildman–Crippen MR) is 80.9 cm³/mol. The lowest BCUT2D eigenvalue weighted by Gasteiger charge is -2.29. The highest BCUT2D eigenvalue weighted by atomic mass is 19.4. The highest BCUT2D eigenvalue weighted by Gasteiger charge is 2.27. The second-order valence-corrected chi connectivity index (χ2v) is 5.87. The molecule has 23 heavy (non-hydrogen) atoms. The number of carbonyl (C=O) groups excluding carboxylic acids is 1. The summed E-state index contributed by atoms with van der Waals surface area (Å²) in [6.45, 7) is 2.31. The molecule has 1 aromatic rings. The van der Waals surface area contributed by atoms with E-state index in [1.54, 1.807) is 18.2 Å². The second-order valence-electron chi connectivity index (χ2n) is 5.87. The van der Waals surface area contributed by atoms with Crippen molar-refractivity contribution in [2.24, 2.45) is 0 Å². The van der Waals surface area contributed by atoms with Gasteiger partial charge in [0.1, 0.15) is 0 Å². The molecule has 7 heteroatoms. The molecule has 128 valence electrons. The average Bonchev–Trinajstić information content (AvgIpc) is 2.47. The Kier molecular flexibility index (Phi) is 6.01. The molecule has 0 aliphatic carbocycles. The number of nitrogens with one attached hydrogen (secondary N) is 1. The largest absolute Gasteiger partial charge is 0.393 e. The van der Waals surface area contributed by atoms with Gasteiger partial charge in [-0.2, -0.15) is 13.2 Å². The number of likely N-dealkylation sites (tertiary alicyclic amines) is 1. The summed E-state index contributed by atoms with van der Waals surface area (Å²) in [4.78, 5) is 13.8. The van der Waals surface area contributed by atoms with Crippen molar-refractivity contribution in [1.29, 1.82) is 0 Å². The van der Waals surface area contributed by atoms with E-state index in [-0.39, 0.29) is 6.10 Å². The Bertz CT molecular complexity index is 526. The first-order valence-corrected chi connectivity index (χ1v) is 7.68. The van der Waals surface area contributed by atoms with Gasteiger partial charge in [0.2, 0.25) is 5.91 Å². The Labute approximate surface area is 133 Å².